The molecule has 1 saturated heterocycles. The Morgan fingerprint density at radius 3 is 2.74 bits per heavy atom. The molecule has 0 radical (unpaired) electrons. The minimum atomic E-state index is -4.14. The molecule has 2 atom stereocenters. The number of nitrogens with one attached hydrogen (secondary N) is 1. The van der Waals surface area contributed by atoms with E-state index in [9.17, 15) is 13.2 Å². The van der Waals surface area contributed by atoms with Gasteiger partial charge in [0.1, 0.15) is 6.04 Å². The Hall–Kier alpha value is -1.04. The fourth-order valence-electron chi connectivity index (χ4n) is 2.47. The number of piperidine rings is 1. The van der Waals surface area contributed by atoms with Crippen molar-refractivity contribution in [3.63, 3.8) is 0 Å². The van der Waals surface area contributed by atoms with Gasteiger partial charge in [-0.3, -0.25) is 4.68 Å². The van der Waals surface area contributed by atoms with Crippen LogP contribution in [0.5, 0.6) is 0 Å². The minimum absolute atomic E-state index is 0.129. The van der Waals surface area contributed by atoms with E-state index in [1.807, 2.05) is 30.8 Å². The van der Waals surface area contributed by atoms with Crippen LogP contribution in [0.25, 0.3) is 0 Å². The summed E-state index contributed by atoms with van der Waals surface area (Å²) < 4.78 is 39.9. The minimum Gasteiger partial charge on any atom is -0.303 e. The van der Waals surface area contributed by atoms with Gasteiger partial charge in [0.05, 0.1) is 5.69 Å². The van der Waals surface area contributed by atoms with Crippen LogP contribution in [0.4, 0.5) is 13.2 Å². The molecule has 0 amide bonds. The monoisotopic (exact) mass is 275 g/mol. The lowest BCUT2D eigenvalue weighted by Crippen LogP contribution is -2.51. The van der Waals surface area contributed by atoms with Crippen molar-refractivity contribution in [2.24, 2.45) is 0 Å². The Kier molecular flexibility index (Phi) is 4.18. The molecular weight excluding hydrogens is 255 g/mol. The number of alkyl halides is 3. The maximum absolute atomic E-state index is 12.7. The first-order chi connectivity index (χ1) is 8.86. The quantitative estimate of drug-likeness (QED) is 0.918. The molecule has 1 fully saturated rings. The average Bonchev–Trinajstić information content (AvgIpc) is 2.77. The predicted octanol–water partition coefficient (Wildman–Crippen LogP) is 3.08. The van der Waals surface area contributed by atoms with Crippen LogP contribution in [-0.4, -0.2) is 28.0 Å². The fourth-order valence-corrected chi connectivity index (χ4v) is 2.47. The van der Waals surface area contributed by atoms with Crippen LogP contribution in [0.1, 0.15) is 44.8 Å². The molecule has 1 N–H and O–H groups in total. The van der Waals surface area contributed by atoms with E-state index in [0.717, 1.165) is 12.1 Å². The average molecular weight is 275 g/mol. The summed E-state index contributed by atoms with van der Waals surface area (Å²) in [4.78, 5) is 0. The first kappa shape index (κ1) is 14.4. The smallest absolute Gasteiger partial charge is 0.303 e. The molecule has 0 bridgehead atoms. The van der Waals surface area contributed by atoms with Gasteiger partial charge in [-0.1, -0.05) is 0 Å². The first-order valence-corrected chi connectivity index (χ1v) is 6.73. The normalized spacial score (nSPS) is 24.9. The van der Waals surface area contributed by atoms with Crippen molar-refractivity contribution in [2.75, 3.05) is 0 Å². The molecule has 1 aliphatic rings. The molecule has 0 saturated carbocycles. The summed E-state index contributed by atoms with van der Waals surface area (Å²) in [6, 6.07) is 0.670. The molecule has 1 aliphatic heterocycles. The fraction of sp³-hybridized carbons (Fsp3) is 0.769. The number of rotatable bonds is 3. The van der Waals surface area contributed by atoms with Crippen molar-refractivity contribution in [3.05, 3.63) is 18.0 Å². The van der Waals surface area contributed by atoms with E-state index < -0.39 is 12.2 Å². The summed E-state index contributed by atoms with van der Waals surface area (Å²) >= 11 is 0. The predicted molar refractivity (Wildman–Crippen MR) is 66.9 cm³/mol. The van der Waals surface area contributed by atoms with Crippen LogP contribution in [0.2, 0.25) is 0 Å². The Morgan fingerprint density at radius 2 is 2.16 bits per heavy atom. The Labute approximate surface area is 111 Å². The standard InChI is InChI=1S/C13H20F3N3/c1-9(2)19-7-6-11(18-19)8-10-4-3-5-12(17-10)13(14,15)16/h6-7,9-10,12,17H,3-5,8H2,1-2H3. The van der Waals surface area contributed by atoms with Gasteiger partial charge in [-0.05, 0) is 39.2 Å². The van der Waals surface area contributed by atoms with Crippen LogP contribution in [0.3, 0.4) is 0 Å². The molecule has 2 unspecified atom stereocenters. The zero-order valence-corrected chi connectivity index (χ0v) is 11.2. The van der Waals surface area contributed by atoms with E-state index in [1.54, 1.807) is 0 Å². The largest absolute Gasteiger partial charge is 0.403 e. The lowest BCUT2D eigenvalue weighted by molar-refractivity contribution is -0.163. The summed E-state index contributed by atoms with van der Waals surface area (Å²) in [6.45, 7) is 4.05. The summed E-state index contributed by atoms with van der Waals surface area (Å²) in [5.74, 6) is 0. The van der Waals surface area contributed by atoms with Crippen LogP contribution in [-0.2, 0) is 6.42 Å². The van der Waals surface area contributed by atoms with Crippen molar-refractivity contribution in [1.82, 2.24) is 15.1 Å². The molecule has 108 valence electrons. The zero-order chi connectivity index (χ0) is 14.0. The third-order valence-corrected chi connectivity index (χ3v) is 3.53. The molecule has 0 aliphatic carbocycles. The second kappa shape index (κ2) is 5.53. The number of hydrogen-bond donors (Lipinski definition) is 1. The first-order valence-electron chi connectivity index (χ1n) is 6.73. The number of aromatic nitrogens is 2. The maximum atomic E-state index is 12.7. The van der Waals surface area contributed by atoms with Gasteiger partial charge in [0.15, 0.2) is 0 Å². The van der Waals surface area contributed by atoms with Gasteiger partial charge >= 0.3 is 6.18 Å². The number of hydrogen-bond acceptors (Lipinski definition) is 2. The Balaban J connectivity index is 1.95. The third kappa shape index (κ3) is 3.72. The SMILES string of the molecule is CC(C)n1ccc(CC2CCCC(C(F)(F)F)N2)n1. The molecule has 0 aromatic carbocycles. The van der Waals surface area contributed by atoms with Crippen molar-refractivity contribution >= 4 is 0 Å². The Morgan fingerprint density at radius 1 is 1.42 bits per heavy atom. The van der Waals surface area contributed by atoms with E-state index in [2.05, 4.69) is 10.4 Å². The molecule has 3 nitrogen and oxygen atoms in total. The second-order valence-corrected chi connectivity index (χ2v) is 5.47. The maximum Gasteiger partial charge on any atom is 0.403 e. The molecule has 2 heterocycles. The lowest BCUT2D eigenvalue weighted by atomic mass is 9.95. The van der Waals surface area contributed by atoms with Crippen LogP contribution in [0, 0.1) is 0 Å². The van der Waals surface area contributed by atoms with Crippen LogP contribution < -0.4 is 5.32 Å². The highest BCUT2D eigenvalue weighted by molar-refractivity contribution is 5.03. The van der Waals surface area contributed by atoms with Gasteiger partial charge in [0, 0.05) is 24.7 Å². The van der Waals surface area contributed by atoms with Gasteiger partial charge in [0.25, 0.3) is 0 Å². The molecule has 1 aromatic rings. The zero-order valence-electron chi connectivity index (χ0n) is 11.2. The summed E-state index contributed by atoms with van der Waals surface area (Å²) in [6.07, 6.45) is -0.124. The highest BCUT2D eigenvalue weighted by Gasteiger charge is 2.41. The van der Waals surface area contributed by atoms with Gasteiger partial charge < -0.3 is 5.32 Å². The van der Waals surface area contributed by atoms with Crippen LogP contribution in [0.15, 0.2) is 12.3 Å². The summed E-state index contributed by atoms with van der Waals surface area (Å²) in [5.41, 5.74) is 0.856. The highest BCUT2D eigenvalue weighted by Crippen LogP contribution is 2.28. The molecule has 19 heavy (non-hydrogen) atoms. The van der Waals surface area contributed by atoms with E-state index in [4.69, 9.17) is 0 Å². The Bertz CT molecular complexity index is 412. The number of halogens is 3. The van der Waals surface area contributed by atoms with E-state index in [0.29, 0.717) is 12.8 Å². The third-order valence-electron chi connectivity index (χ3n) is 3.53. The second-order valence-electron chi connectivity index (χ2n) is 5.47. The van der Waals surface area contributed by atoms with Gasteiger partial charge in [-0.2, -0.15) is 18.3 Å². The van der Waals surface area contributed by atoms with Crippen LogP contribution >= 0.6 is 0 Å². The van der Waals surface area contributed by atoms with Gasteiger partial charge in [-0.25, -0.2) is 0 Å². The lowest BCUT2D eigenvalue weighted by Gasteiger charge is -2.32. The summed E-state index contributed by atoms with van der Waals surface area (Å²) in [7, 11) is 0. The van der Waals surface area contributed by atoms with Crippen molar-refractivity contribution < 1.29 is 13.2 Å². The van der Waals surface area contributed by atoms with E-state index in [-0.39, 0.29) is 18.5 Å². The topological polar surface area (TPSA) is 29.9 Å². The molecule has 1 aromatic heterocycles. The number of nitrogens with zero attached hydrogens (tertiary/aromatic N) is 2. The van der Waals surface area contributed by atoms with E-state index >= 15 is 0 Å². The molecule has 6 heteroatoms. The highest BCUT2D eigenvalue weighted by atomic mass is 19.4. The van der Waals surface area contributed by atoms with Crippen molar-refractivity contribution in [1.29, 1.82) is 0 Å². The van der Waals surface area contributed by atoms with Crippen molar-refractivity contribution in [2.45, 2.75) is 63.8 Å². The molecule has 2 rings (SSSR count). The van der Waals surface area contributed by atoms with Gasteiger partial charge in [0.2, 0.25) is 0 Å². The summed E-state index contributed by atoms with van der Waals surface area (Å²) in [5, 5.41) is 7.09. The van der Waals surface area contributed by atoms with E-state index in [1.165, 1.54) is 0 Å². The molecular formula is C13H20F3N3. The van der Waals surface area contributed by atoms with Gasteiger partial charge in [-0.15, -0.1) is 0 Å². The molecule has 0 spiro atoms. The van der Waals surface area contributed by atoms with Crippen molar-refractivity contribution in [3.8, 4) is 0 Å².